The van der Waals surface area contributed by atoms with Crippen LogP contribution in [0.15, 0.2) is 29.2 Å². The Balaban J connectivity index is 2.57. The summed E-state index contributed by atoms with van der Waals surface area (Å²) in [4.78, 5) is 0.235. The third-order valence-electron chi connectivity index (χ3n) is 3.19. The molecule has 0 aliphatic heterocycles. The third kappa shape index (κ3) is 2.87. The Kier molecular flexibility index (Phi) is 4.22. The fourth-order valence-corrected chi connectivity index (χ4v) is 4.19. The molecular formula is C14H20N4O2S. The summed E-state index contributed by atoms with van der Waals surface area (Å²) in [6, 6.07) is 6.89. The van der Waals surface area contributed by atoms with Crippen LogP contribution in [0.4, 0.5) is 11.4 Å². The molecule has 0 radical (unpaired) electrons. The molecule has 7 heteroatoms. The van der Waals surface area contributed by atoms with Gasteiger partial charge in [-0.2, -0.15) is 5.10 Å². The van der Waals surface area contributed by atoms with Crippen LogP contribution in [0.3, 0.4) is 0 Å². The number of nitrogens with two attached hydrogens (primary N) is 1. The van der Waals surface area contributed by atoms with Gasteiger partial charge in [-0.15, -0.1) is 0 Å². The molecule has 0 saturated carbocycles. The summed E-state index contributed by atoms with van der Waals surface area (Å²) < 4.78 is 27.3. The Morgan fingerprint density at radius 1 is 1.33 bits per heavy atom. The van der Waals surface area contributed by atoms with Gasteiger partial charge < -0.3 is 5.73 Å². The highest BCUT2D eigenvalue weighted by Gasteiger charge is 2.29. The van der Waals surface area contributed by atoms with Gasteiger partial charge in [0, 0.05) is 12.2 Å². The summed E-state index contributed by atoms with van der Waals surface area (Å²) >= 11 is 0. The summed E-state index contributed by atoms with van der Waals surface area (Å²) in [6.07, 6.45) is 0.698. The number of hydrogen-bond donors (Lipinski definition) is 2. The number of nitrogens with one attached hydrogen (secondary N) is 1. The first kappa shape index (κ1) is 15.4. The Bertz CT molecular complexity index is 718. The van der Waals surface area contributed by atoms with Crippen molar-refractivity contribution in [3.63, 3.8) is 0 Å². The first-order valence-electron chi connectivity index (χ1n) is 6.77. The number of H-pyrrole nitrogens is 1. The van der Waals surface area contributed by atoms with Crippen LogP contribution in [-0.2, 0) is 10.0 Å². The lowest BCUT2D eigenvalue weighted by atomic mass is 10.3. The average molecular weight is 308 g/mol. The van der Waals surface area contributed by atoms with Gasteiger partial charge in [-0.1, -0.05) is 13.0 Å². The molecule has 21 heavy (non-hydrogen) atoms. The first-order chi connectivity index (χ1) is 9.87. The van der Waals surface area contributed by atoms with Crippen LogP contribution in [0.25, 0.3) is 0 Å². The topological polar surface area (TPSA) is 92.1 Å². The molecule has 2 aromatic rings. The predicted molar refractivity (Wildman–Crippen MR) is 83.7 cm³/mol. The first-order valence-corrected chi connectivity index (χ1v) is 8.21. The van der Waals surface area contributed by atoms with Crippen molar-refractivity contribution >= 4 is 21.4 Å². The zero-order valence-corrected chi connectivity index (χ0v) is 13.2. The number of sulfonamides is 1. The van der Waals surface area contributed by atoms with E-state index in [1.807, 2.05) is 6.92 Å². The molecule has 3 N–H and O–H groups in total. The maximum Gasteiger partial charge on any atom is 0.267 e. The van der Waals surface area contributed by atoms with E-state index in [4.69, 9.17) is 5.73 Å². The summed E-state index contributed by atoms with van der Waals surface area (Å²) in [6.45, 7) is 5.70. The minimum absolute atomic E-state index is 0.235. The molecule has 0 saturated heterocycles. The molecule has 0 spiro atoms. The van der Waals surface area contributed by atoms with Crippen LogP contribution >= 0.6 is 0 Å². The third-order valence-corrected chi connectivity index (χ3v) is 5.28. The number of nitrogens with zero attached hydrogens (tertiary/aromatic N) is 2. The van der Waals surface area contributed by atoms with Gasteiger partial charge in [-0.25, -0.2) is 8.42 Å². The summed E-state index contributed by atoms with van der Waals surface area (Å²) in [5.41, 5.74) is 7.88. The largest absolute Gasteiger partial charge is 0.399 e. The summed E-state index contributed by atoms with van der Waals surface area (Å²) in [5.74, 6) is 0. The van der Waals surface area contributed by atoms with E-state index in [0.717, 1.165) is 0 Å². The van der Waals surface area contributed by atoms with Gasteiger partial charge in [0.05, 0.1) is 17.1 Å². The van der Waals surface area contributed by atoms with Gasteiger partial charge >= 0.3 is 0 Å². The summed E-state index contributed by atoms with van der Waals surface area (Å²) in [7, 11) is -3.67. The number of anilines is 2. The van der Waals surface area contributed by atoms with E-state index in [0.29, 0.717) is 35.7 Å². The van der Waals surface area contributed by atoms with E-state index in [1.165, 1.54) is 4.31 Å². The van der Waals surface area contributed by atoms with Crippen molar-refractivity contribution in [1.29, 1.82) is 0 Å². The second-order valence-electron chi connectivity index (χ2n) is 4.94. The molecular weight excluding hydrogens is 288 g/mol. The number of benzene rings is 1. The highest BCUT2D eigenvalue weighted by atomic mass is 32.2. The van der Waals surface area contributed by atoms with Crippen LogP contribution in [0.2, 0.25) is 0 Å². The van der Waals surface area contributed by atoms with Gasteiger partial charge in [-0.05, 0) is 38.5 Å². The number of rotatable bonds is 5. The maximum atomic E-state index is 13.0. The molecule has 1 heterocycles. The Morgan fingerprint density at radius 2 is 2.05 bits per heavy atom. The molecule has 0 bridgehead atoms. The normalized spacial score (nSPS) is 11.6. The maximum absolute atomic E-state index is 13.0. The number of aryl methyl sites for hydroxylation is 2. The minimum Gasteiger partial charge on any atom is -0.399 e. The number of hydrogen-bond acceptors (Lipinski definition) is 4. The molecule has 1 aromatic carbocycles. The van der Waals surface area contributed by atoms with Crippen LogP contribution in [-0.4, -0.2) is 25.2 Å². The fourth-order valence-electron chi connectivity index (χ4n) is 2.30. The average Bonchev–Trinajstić information content (AvgIpc) is 2.75. The lowest BCUT2D eigenvalue weighted by molar-refractivity contribution is 0.589. The van der Waals surface area contributed by atoms with Crippen molar-refractivity contribution in [2.75, 3.05) is 16.6 Å². The smallest absolute Gasteiger partial charge is 0.267 e. The Labute approximate surface area is 125 Å². The summed E-state index contributed by atoms with van der Waals surface area (Å²) in [5, 5.41) is 6.70. The second-order valence-corrected chi connectivity index (χ2v) is 6.73. The highest BCUT2D eigenvalue weighted by Crippen LogP contribution is 2.28. The van der Waals surface area contributed by atoms with Gasteiger partial charge in [0.15, 0.2) is 0 Å². The number of aromatic nitrogens is 2. The minimum atomic E-state index is -3.67. The van der Waals surface area contributed by atoms with Crippen molar-refractivity contribution in [1.82, 2.24) is 10.2 Å². The van der Waals surface area contributed by atoms with E-state index in [9.17, 15) is 8.42 Å². The SMILES string of the molecule is CCCN(c1cccc(N)c1)S(=O)(=O)c1c(C)n[nH]c1C. The van der Waals surface area contributed by atoms with Crippen LogP contribution in [0, 0.1) is 13.8 Å². The zero-order valence-electron chi connectivity index (χ0n) is 12.4. The van der Waals surface area contributed by atoms with Crippen LogP contribution < -0.4 is 10.0 Å². The number of nitrogen functional groups attached to an aromatic ring is 1. The monoisotopic (exact) mass is 308 g/mol. The van der Waals surface area contributed by atoms with E-state index < -0.39 is 10.0 Å². The molecule has 1 aromatic heterocycles. The Morgan fingerprint density at radius 3 is 2.57 bits per heavy atom. The highest BCUT2D eigenvalue weighted by molar-refractivity contribution is 7.93. The van der Waals surface area contributed by atoms with Crippen molar-refractivity contribution in [3.8, 4) is 0 Å². The molecule has 0 fully saturated rings. The van der Waals surface area contributed by atoms with Gasteiger partial charge in [0.1, 0.15) is 4.90 Å². The zero-order chi connectivity index (χ0) is 15.6. The molecule has 0 atom stereocenters. The molecule has 0 aliphatic rings. The van der Waals surface area contributed by atoms with Crippen molar-refractivity contribution in [2.45, 2.75) is 32.1 Å². The number of aromatic amines is 1. The molecule has 6 nitrogen and oxygen atoms in total. The van der Waals surface area contributed by atoms with E-state index >= 15 is 0 Å². The molecule has 0 amide bonds. The standard InChI is InChI=1S/C14H20N4O2S/c1-4-8-18(13-7-5-6-12(15)9-13)21(19,20)14-10(2)16-17-11(14)3/h5-7,9H,4,8,15H2,1-3H3,(H,16,17). The predicted octanol–water partition coefficient (Wildman–Crippen LogP) is 2.21. The lowest BCUT2D eigenvalue weighted by Gasteiger charge is -2.24. The van der Waals surface area contributed by atoms with Gasteiger partial charge in [0.25, 0.3) is 10.0 Å². The molecule has 0 aliphatic carbocycles. The Hall–Kier alpha value is -2.02. The van der Waals surface area contributed by atoms with E-state index in [-0.39, 0.29) is 4.90 Å². The van der Waals surface area contributed by atoms with Crippen LogP contribution in [0.5, 0.6) is 0 Å². The van der Waals surface area contributed by atoms with Crippen LogP contribution in [0.1, 0.15) is 24.7 Å². The fraction of sp³-hybridized carbons (Fsp3) is 0.357. The van der Waals surface area contributed by atoms with Crippen molar-refractivity contribution in [2.24, 2.45) is 0 Å². The lowest BCUT2D eigenvalue weighted by Crippen LogP contribution is -2.32. The van der Waals surface area contributed by atoms with E-state index in [2.05, 4.69) is 10.2 Å². The van der Waals surface area contributed by atoms with Crippen molar-refractivity contribution < 1.29 is 8.42 Å². The van der Waals surface area contributed by atoms with Gasteiger partial charge in [0.2, 0.25) is 0 Å². The molecule has 0 unspecified atom stereocenters. The molecule has 2 rings (SSSR count). The quantitative estimate of drug-likeness (QED) is 0.828. The van der Waals surface area contributed by atoms with Gasteiger partial charge in [-0.3, -0.25) is 9.40 Å². The van der Waals surface area contributed by atoms with E-state index in [1.54, 1.807) is 38.1 Å². The molecule has 114 valence electrons. The van der Waals surface area contributed by atoms with Crippen molar-refractivity contribution in [3.05, 3.63) is 35.7 Å². The second kappa shape index (κ2) is 5.77.